The second-order valence-corrected chi connectivity index (χ2v) is 2.17. The van der Waals surface area contributed by atoms with E-state index in [1.54, 1.807) is 0 Å². The number of carbonyl (C=O) groups is 1. The number of carboxylic acids is 1. The van der Waals surface area contributed by atoms with Crippen molar-refractivity contribution in [3.63, 3.8) is 0 Å². The van der Waals surface area contributed by atoms with Crippen LogP contribution < -0.4 is 0 Å². The Morgan fingerprint density at radius 1 is 1.67 bits per heavy atom. The maximum atomic E-state index is 9.93. The van der Waals surface area contributed by atoms with E-state index in [2.05, 4.69) is 12.6 Å². The maximum absolute atomic E-state index is 9.93. The number of hydrogen-bond acceptors (Lipinski definition) is 3. The number of aliphatic carboxylic acids is 1. The van der Waals surface area contributed by atoms with Gasteiger partial charge in [-0.1, -0.05) is 0 Å². The lowest BCUT2D eigenvalue weighted by molar-refractivity contribution is -0.146. The third kappa shape index (κ3) is 4.29. The first kappa shape index (κ1) is 8.78. The minimum absolute atomic E-state index is 0.291. The highest BCUT2D eigenvalue weighted by molar-refractivity contribution is 7.80. The van der Waals surface area contributed by atoms with Gasteiger partial charge in [0.25, 0.3) is 0 Å². The van der Waals surface area contributed by atoms with E-state index >= 15 is 0 Å². The first-order chi connectivity index (χ1) is 4.18. The summed E-state index contributed by atoms with van der Waals surface area (Å²) in [5.74, 6) is -0.540. The molecular formula is C5H10O3S. The largest absolute Gasteiger partial charge is 0.479 e. The smallest absolute Gasteiger partial charge is 0.332 e. The summed E-state index contributed by atoms with van der Waals surface area (Å²) >= 11 is 3.86. The molecule has 0 saturated heterocycles. The molecule has 0 aromatic rings. The lowest BCUT2D eigenvalue weighted by Gasteiger charge is -2.01. The van der Waals surface area contributed by atoms with Gasteiger partial charge in [0.2, 0.25) is 0 Å². The molecule has 0 fully saturated rings. The van der Waals surface area contributed by atoms with Gasteiger partial charge in [-0.05, 0) is 18.6 Å². The van der Waals surface area contributed by atoms with Gasteiger partial charge in [-0.2, -0.15) is 12.6 Å². The minimum atomic E-state index is -1.21. The average molecular weight is 150 g/mol. The Balaban J connectivity index is 3.27. The van der Waals surface area contributed by atoms with Crippen molar-refractivity contribution in [2.45, 2.75) is 18.9 Å². The third-order valence-corrected chi connectivity index (χ3v) is 1.24. The van der Waals surface area contributed by atoms with Crippen LogP contribution in [0.15, 0.2) is 0 Å². The first-order valence-corrected chi connectivity index (χ1v) is 3.33. The molecule has 0 aromatic heterocycles. The van der Waals surface area contributed by atoms with Crippen LogP contribution in [0.4, 0.5) is 0 Å². The molecule has 0 spiro atoms. The molecule has 0 aliphatic heterocycles. The summed E-state index contributed by atoms with van der Waals surface area (Å²) in [6.07, 6.45) is -0.285. The maximum Gasteiger partial charge on any atom is 0.332 e. The van der Waals surface area contributed by atoms with Gasteiger partial charge in [-0.3, -0.25) is 0 Å². The fourth-order valence-electron chi connectivity index (χ4n) is 0.408. The van der Waals surface area contributed by atoms with Crippen molar-refractivity contribution in [1.82, 2.24) is 0 Å². The number of aliphatic hydroxyl groups excluding tert-OH is 1. The highest BCUT2D eigenvalue weighted by Crippen LogP contribution is 1.97. The molecule has 0 aromatic carbocycles. The van der Waals surface area contributed by atoms with E-state index in [1.807, 2.05) is 0 Å². The van der Waals surface area contributed by atoms with Gasteiger partial charge in [-0.25, -0.2) is 4.79 Å². The van der Waals surface area contributed by atoms with Crippen molar-refractivity contribution >= 4 is 18.6 Å². The number of thiol groups is 1. The van der Waals surface area contributed by atoms with Gasteiger partial charge in [0.05, 0.1) is 0 Å². The Morgan fingerprint density at radius 3 is 2.56 bits per heavy atom. The van der Waals surface area contributed by atoms with Crippen LogP contribution in [0, 0.1) is 0 Å². The van der Waals surface area contributed by atoms with E-state index < -0.39 is 12.1 Å². The van der Waals surface area contributed by atoms with Crippen LogP contribution in [-0.4, -0.2) is 28.0 Å². The molecule has 2 N–H and O–H groups in total. The van der Waals surface area contributed by atoms with Gasteiger partial charge in [0.1, 0.15) is 0 Å². The summed E-state index contributed by atoms with van der Waals surface area (Å²) in [6.45, 7) is 0. The normalized spacial score (nSPS) is 13.1. The SMILES string of the molecule is O=C(O)[C@H](O)CCCS. The summed E-state index contributed by atoms with van der Waals surface area (Å²) in [5.41, 5.74) is 0. The van der Waals surface area contributed by atoms with Crippen LogP contribution in [0.25, 0.3) is 0 Å². The van der Waals surface area contributed by atoms with Crippen molar-refractivity contribution in [3.05, 3.63) is 0 Å². The predicted octanol–water partition coefficient (Wildman–Crippen LogP) is 0.142. The zero-order chi connectivity index (χ0) is 7.28. The molecule has 1 atom stereocenters. The Kier molecular flexibility index (Phi) is 4.53. The molecule has 0 aliphatic rings. The number of rotatable bonds is 4. The number of carboxylic acid groups (broad SMARTS) is 1. The van der Waals surface area contributed by atoms with E-state index in [1.165, 1.54) is 0 Å². The second kappa shape index (κ2) is 4.64. The Bertz CT molecular complexity index is 94.2. The molecule has 3 nitrogen and oxygen atoms in total. The van der Waals surface area contributed by atoms with Crippen LogP contribution in [-0.2, 0) is 4.79 Å². The first-order valence-electron chi connectivity index (χ1n) is 2.70. The van der Waals surface area contributed by atoms with E-state index in [0.717, 1.165) is 0 Å². The summed E-state index contributed by atoms with van der Waals surface area (Å²) in [6, 6.07) is 0. The predicted molar refractivity (Wildman–Crippen MR) is 36.7 cm³/mol. The van der Waals surface area contributed by atoms with E-state index in [4.69, 9.17) is 10.2 Å². The zero-order valence-corrected chi connectivity index (χ0v) is 5.84. The Hall–Kier alpha value is -0.220. The van der Waals surface area contributed by atoms with Crippen LogP contribution in [0.2, 0.25) is 0 Å². The quantitative estimate of drug-likeness (QED) is 0.500. The van der Waals surface area contributed by atoms with Gasteiger partial charge in [0.15, 0.2) is 6.10 Å². The van der Waals surface area contributed by atoms with Crippen molar-refractivity contribution < 1.29 is 15.0 Å². The minimum Gasteiger partial charge on any atom is -0.479 e. The molecular weight excluding hydrogens is 140 g/mol. The van der Waals surface area contributed by atoms with Crippen LogP contribution in [0.1, 0.15) is 12.8 Å². The number of hydrogen-bond donors (Lipinski definition) is 3. The van der Waals surface area contributed by atoms with Crippen molar-refractivity contribution in [1.29, 1.82) is 0 Å². The van der Waals surface area contributed by atoms with Gasteiger partial charge >= 0.3 is 5.97 Å². The summed E-state index contributed by atoms with van der Waals surface area (Å²) in [5, 5.41) is 16.8. The molecule has 0 unspecified atom stereocenters. The Labute approximate surface area is 59.1 Å². The molecule has 0 rings (SSSR count). The van der Waals surface area contributed by atoms with Crippen molar-refractivity contribution in [2.24, 2.45) is 0 Å². The highest BCUT2D eigenvalue weighted by atomic mass is 32.1. The van der Waals surface area contributed by atoms with Gasteiger partial charge < -0.3 is 10.2 Å². The van der Waals surface area contributed by atoms with Gasteiger partial charge in [0, 0.05) is 0 Å². The fraction of sp³-hybridized carbons (Fsp3) is 0.800. The van der Waals surface area contributed by atoms with Crippen LogP contribution >= 0.6 is 12.6 Å². The topological polar surface area (TPSA) is 57.5 Å². The molecule has 0 saturated carbocycles. The molecule has 4 heteroatoms. The van der Waals surface area contributed by atoms with Crippen molar-refractivity contribution in [3.8, 4) is 0 Å². The molecule has 9 heavy (non-hydrogen) atoms. The molecule has 0 radical (unpaired) electrons. The lowest BCUT2D eigenvalue weighted by atomic mass is 10.2. The standard InChI is InChI=1S/C5H10O3S/c6-4(5(7)8)2-1-3-9/h4,6,9H,1-3H2,(H,7,8)/t4-/m1/s1. The van der Waals surface area contributed by atoms with Crippen molar-refractivity contribution in [2.75, 3.05) is 5.75 Å². The molecule has 0 amide bonds. The van der Waals surface area contributed by atoms with Gasteiger partial charge in [-0.15, -0.1) is 0 Å². The summed E-state index contributed by atoms with van der Waals surface area (Å²) < 4.78 is 0. The molecule has 0 aliphatic carbocycles. The van der Waals surface area contributed by atoms with E-state index in [0.29, 0.717) is 18.6 Å². The highest BCUT2D eigenvalue weighted by Gasteiger charge is 2.10. The van der Waals surface area contributed by atoms with Crippen LogP contribution in [0.3, 0.4) is 0 Å². The second-order valence-electron chi connectivity index (χ2n) is 1.72. The van der Waals surface area contributed by atoms with E-state index in [-0.39, 0.29) is 0 Å². The summed E-state index contributed by atoms with van der Waals surface area (Å²) in [7, 11) is 0. The third-order valence-electron chi connectivity index (χ3n) is 0.921. The van der Waals surface area contributed by atoms with Crippen LogP contribution in [0.5, 0.6) is 0 Å². The average Bonchev–Trinajstić information content (AvgIpc) is 1.82. The monoisotopic (exact) mass is 150 g/mol. The molecule has 54 valence electrons. The lowest BCUT2D eigenvalue weighted by Crippen LogP contribution is -2.18. The Morgan fingerprint density at radius 2 is 2.22 bits per heavy atom. The summed E-state index contributed by atoms with van der Waals surface area (Å²) in [4.78, 5) is 9.93. The molecule has 0 bridgehead atoms. The fourth-order valence-corrected chi connectivity index (χ4v) is 0.591. The zero-order valence-electron chi connectivity index (χ0n) is 4.95. The van der Waals surface area contributed by atoms with E-state index in [9.17, 15) is 4.79 Å². The molecule has 0 heterocycles. The number of aliphatic hydroxyl groups is 1.